The second-order valence-electron chi connectivity index (χ2n) is 4.70. The molecule has 6 heteroatoms. The number of anilines is 1. The summed E-state index contributed by atoms with van der Waals surface area (Å²) < 4.78 is 38.6. The van der Waals surface area contributed by atoms with Gasteiger partial charge in [-0.3, -0.25) is 4.79 Å². The number of benzene rings is 1. The van der Waals surface area contributed by atoms with Crippen LogP contribution in [0.4, 0.5) is 18.9 Å². The van der Waals surface area contributed by atoms with Crippen LogP contribution in [0.3, 0.4) is 0 Å². The fourth-order valence-corrected chi connectivity index (χ4v) is 1.55. The van der Waals surface area contributed by atoms with Crippen LogP contribution >= 0.6 is 0 Å². The van der Waals surface area contributed by atoms with Gasteiger partial charge in [0.05, 0.1) is 11.3 Å². The number of nitrogens with one attached hydrogen (secondary N) is 1. The number of hydrogen-bond donors (Lipinski definition) is 1. The summed E-state index contributed by atoms with van der Waals surface area (Å²) >= 11 is 0. The van der Waals surface area contributed by atoms with Gasteiger partial charge in [-0.2, -0.15) is 13.2 Å². The van der Waals surface area contributed by atoms with E-state index in [9.17, 15) is 18.0 Å². The lowest BCUT2D eigenvalue weighted by atomic mass is 10.1. The molecule has 1 N–H and O–H groups in total. The molecule has 20 heavy (non-hydrogen) atoms. The minimum absolute atomic E-state index is 0.234. The zero-order chi connectivity index (χ0) is 15.3. The first-order valence-corrected chi connectivity index (χ1v) is 6.00. The Kier molecular flexibility index (Phi) is 5.33. The first-order valence-electron chi connectivity index (χ1n) is 6.00. The predicted octanol–water partition coefficient (Wildman–Crippen LogP) is 3.07. The molecule has 0 heterocycles. The van der Waals surface area contributed by atoms with E-state index in [-0.39, 0.29) is 5.69 Å². The first-order chi connectivity index (χ1) is 9.20. The van der Waals surface area contributed by atoms with E-state index < -0.39 is 17.6 Å². The summed E-state index contributed by atoms with van der Waals surface area (Å²) in [5, 5.41) is 2.25. The van der Waals surface area contributed by atoms with E-state index in [0.29, 0.717) is 12.1 Å². The van der Waals surface area contributed by atoms with Crippen molar-refractivity contribution in [3.8, 4) is 0 Å². The van der Waals surface area contributed by atoms with Crippen molar-refractivity contribution in [2.75, 3.05) is 26.0 Å². The molecular formula is C14H17F3N2O. The normalized spacial score (nSPS) is 12.2. The number of halogens is 3. The molecule has 0 saturated carbocycles. The minimum Gasteiger partial charge on any atom is -0.322 e. The lowest BCUT2D eigenvalue weighted by Gasteiger charge is -2.13. The van der Waals surface area contributed by atoms with Crippen LogP contribution in [0.15, 0.2) is 30.4 Å². The van der Waals surface area contributed by atoms with Gasteiger partial charge in [0.25, 0.3) is 0 Å². The van der Waals surface area contributed by atoms with Crippen LogP contribution in [0.5, 0.6) is 0 Å². The monoisotopic (exact) mass is 286 g/mol. The summed E-state index contributed by atoms with van der Waals surface area (Å²) in [6.07, 6.45) is -1.70. The van der Waals surface area contributed by atoms with Gasteiger partial charge >= 0.3 is 6.18 Å². The number of aryl methyl sites for hydroxylation is 1. The summed E-state index contributed by atoms with van der Waals surface area (Å²) in [6.45, 7) is 2.10. The Morgan fingerprint density at radius 3 is 2.55 bits per heavy atom. The predicted molar refractivity (Wildman–Crippen MR) is 72.5 cm³/mol. The Morgan fingerprint density at radius 1 is 1.35 bits per heavy atom. The fraction of sp³-hybridized carbons (Fsp3) is 0.357. The molecule has 110 valence electrons. The molecule has 0 aliphatic carbocycles. The van der Waals surface area contributed by atoms with Gasteiger partial charge in [-0.15, -0.1) is 0 Å². The molecule has 0 aliphatic rings. The van der Waals surface area contributed by atoms with Crippen molar-refractivity contribution in [1.29, 1.82) is 0 Å². The maximum absolute atomic E-state index is 12.9. The molecule has 1 amide bonds. The number of amides is 1. The Morgan fingerprint density at radius 2 is 2.00 bits per heavy atom. The van der Waals surface area contributed by atoms with E-state index in [1.807, 2.05) is 19.0 Å². The number of likely N-dealkylation sites (N-methyl/N-ethyl adjacent to an activating group) is 1. The second-order valence-corrected chi connectivity index (χ2v) is 4.70. The second kappa shape index (κ2) is 6.56. The van der Waals surface area contributed by atoms with Crippen molar-refractivity contribution < 1.29 is 18.0 Å². The summed E-state index contributed by atoms with van der Waals surface area (Å²) in [5.74, 6) is -0.582. The topological polar surface area (TPSA) is 32.3 Å². The molecule has 0 aliphatic heterocycles. The molecule has 0 saturated heterocycles. The largest absolute Gasteiger partial charge is 0.418 e. The third-order valence-corrected chi connectivity index (χ3v) is 2.48. The number of carbonyl (C=O) groups is 1. The molecule has 0 atom stereocenters. The number of nitrogens with zero attached hydrogens (tertiary/aromatic N) is 1. The Bertz CT molecular complexity index is 508. The fourth-order valence-electron chi connectivity index (χ4n) is 1.55. The Labute approximate surface area is 116 Å². The number of hydrogen-bond acceptors (Lipinski definition) is 2. The van der Waals surface area contributed by atoms with E-state index in [0.717, 1.165) is 6.07 Å². The maximum Gasteiger partial charge on any atom is 0.418 e. The zero-order valence-corrected chi connectivity index (χ0v) is 11.6. The molecule has 0 spiro atoms. The van der Waals surface area contributed by atoms with Crippen molar-refractivity contribution in [2.24, 2.45) is 0 Å². The molecule has 0 unspecified atom stereocenters. The molecule has 0 aromatic heterocycles. The molecule has 3 nitrogen and oxygen atoms in total. The van der Waals surface area contributed by atoms with E-state index in [1.165, 1.54) is 18.2 Å². The minimum atomic E-state index is -4.50. The summed E-state index contributed by atoms with van der Waals surface area (Å²) in [4.78, 5) is 13.4. The number of carbonyl (C=O) groups excluding carboxylic acids is 1. The highest BCUT2D eigenvalue weighted by Crippen LogP contribution is 2.35. The van der Waals surface area contributed by atoms with Crippen LogP contribution in [0, 0.1) is 6.92 Å². The van der Waals surface area contributed by atoms with Crippen LogP contribution in [-0.4, -0.2) is 31.4 Å². The summed E-state index contributed by atoms with van der Waals surface area (Å²) in [5.41, 5.74) is -0.590. The smallest absolute Gasteiger partial charge is 0.322 e. The van der Waals surface area contributed by atoms with E-state index in [4.69, 9.17) is 0 Å². The van der Waals surface area contributed by atoms with Crippen LogP contribution in [0.1, 0.15) is 11.1 Å². The van der Waals surface area contributed by atoms with Gasteiger partial charge in [-0.05, 0) is 33.2 Å². The quantitative estimate of drug-likeness (QED) is 0.863. The molecule has 1 rings (SSSR count). The standard InChI is InChI=1S/C14H17F3N2O/c1-10-6-7-12(11(9-10)14(15,16)17)18-13(20)5-4-8-19(2)3/h4-7,9H,8H2,1-3H3,(H,18,20)/b5-4+. The highest BCUT2D eigenvalue weighted by atomic mass is 19.4. The van der Waals surface area contributed by atoms with Crippen molar-refractivity contribution >= 4 is 11.6 Å². The third kappa shape index (κ3) is 5.05. The van der Waals surface area contributed by atoms with Crippen molar-refractivity contribution in [2.45, 2.75) is 13.1 Å². The Balaban J connectivity index is 2.87. The molecule has 1 aromatic carbocycles. The highest BCUT2D eigenvalue weighted by molar-refractivity contribution is 5.99. The van der Waals surface area contributed by atoms with Gasteiger partial charge in [-0.1, -0.05) is 17.7 Å². The lowest BCUT2D eigenvalue weighted by molar-refractivity contribution is -0.137. The van der Waals surface area contributed by atoms with E-state index >= 15 is 0 Å². The van der Waals surface area contributed by atoms with Crippen LogP contribution in [0.2, 0.25) is 0 Å². The number of alkyl halides is 3. The first kappa shape index (κ1) is 16.2. The van der Waals surface area contributed by atoms with Crippen molar-refractivity contribution in [1.82, 2.24) is 4.90 Å². The Hall–Kier alpha value is -1.82. The van der Waals surface area contributed by atoms with Gasteiger partial charge in [0.1, 0.15) is 0 Å². The third-order valence-electron chi connectivity index (χ3n) is 2.48. The van der Waals surface area contributed by atoms with E-state index in [1.54, 1.807) is 13.0 Å². The number of rotatable bonds is 4. The lowest BCUT2D eigenvalue weighted by Crippen LogP contribution is -2.16. The van der Waals surface area contributed by atoms with Crippen LogP contribution < -0.4 is 5.32 Å². The van der Waals surface area contributed by atoms with Gasteiger partial charge in [0.2, 0.25) is 5.91 Å². The summed E-state index contributed by atoms with van der Waals surface area (Å²) in [6, 6.07) is 3.80. The molecule has 0 bridgehead atoms. The van der Waals surface area contributed by atoms with E-state index in [2.05, 4.69) is 5.32 Å². The SMILES string of the molecule is Cc1ccc(NC(=O)/C=C/CN(C)C)c(C(F)(F)F)c1. The van der Waals surface area contributed by atoms with Gasteiger partial charge in [0, 0.05) is 12.6 Å². The molecular weight excluding hydrogens is 269 g/mol. The zero-order valence-electron chi connectivity index (χ0n) is 11.6. The van der Waals surface area contributed by atoms with Crippen molar-refractivity contribution in [3.05, 3.63) is 41.5 Å². The van der Waals surface area contributed by atoms with Crippen LogP contribution in [0.25, 0.3) is 0 Å². The highest BCUT2D eigenvalue weighted by Gasteiger charge is 2.33. The van der Waals surface area contributed by atoms with Crippen LogP contribution in [-0.2, 0) is 11.0 Å². The maximum atomic E-state index is 12.9. The molecule has 0 fully saturated rings. The van der Waals surface area contributed by atoms with Crippen molar-refractivity contribution in [3.63, 3.8) is 0 Å². The average Bonchev–Trinajstić information content (AvgIpc) is 2.29. The molecule has 0 radical (unpaired) electrons. The van der Waals surface area contributed by atoms with Gasteiger partial charge in [0.15, 0.2) is 0 Å². The summed E-state index contributed by atoms with van der Waals surface area (Å²) in [7, 11) is 3.65. The average molecular weight is 286 g/mol. The van der Waals surface area contributed by atoms with Gasteiger partial charge in [-0.25, -0.2) is 0 Å². The molecule has 1 aromatic rings. The van der Waals surface area contributed by atoms with Gasteiger partial charge < -0.3 is 10.2 Å².